The fraction of sp³-hybridized carbons (Fsp3) is 0.708. The third-order valence-corrected chi connectivity index (χ3v) is 4.50. The van der Waals surface area contributed by atoms with E-state index >= 15 is 0 Å². The molecule has 2 rings (SSSR count). The van der Waals surface area contributed by atoms with Crippen LogP contribution in [0.5, 0.6) is 17.2 Å². The Hall–Kier alpha value is -2.31. The highest BCUT2D eigenvalue weighted by atomic mass is 16.7. The van der Waals surface area contributed by atoms with Crippen LogP contribution in [0.1, 0.15) is 32.6 Å². The van der Waals surface area contributed by atoms with Crippen LogP contribution in [0.2, 0.25) is 0 Å². The van der Waals surface area contributed by atoms with Crippen LogP contribution in [0.25, 0.3) is 0 Å². The van der Waals surface area contributed by atoms with Gasteiger partial charge < -0.3 is 47.9 Å². The number of methoxy groups -OCH3 is 2. The van der Waals surface area contributed by atoms with Gasteiger partial charge >= 0.3 is 6.09 Å². The number of hydrogen-bond donors (Lipinski definition) is 1. The molecule has 1 aromatic rings. The topological polar surface area (TPSA) is 112 Å². The molecule has 11 heteroatoms. The van der Waals surface area contributed by atoms with Crippen LogP contribution in [0, 0.1) is 0 Å². The van der Waals surface area contributed by atoms with Crippen LogP contribution in [0.15, 0.2) is 12.1 Å². The van der Waals surface area contributed by atoms with E-state index in [4.69, 9.17) is 42.6 Å². The Morgan fingerprint density at radius 1 is 0.886 bits per heavy atom. The Labute approximate surface area is 207 Å². The van der Waals surface area contributed by atoms with E-state index in [0.29, 0.717) is 83.3 Å². The van der Waals surface area contributed by atoms with Gasteiger partial charge in [-0.3, -0.25) is 0 Å². The van der Waals surface area contributed by atoms with Gasteiger partial charge in [0.25, 0.3) is 0 Å². The summed E-state index contributed by atoms with van der Waals surface area (Å²) in [4.78, 5) is 11.5. The van der Waals surface area contributed by atoms with E-state index in [1.165, 1.54) is 0 Å². The highest BCUT2D eigenvalue weighted by Crippen LogP contribution is 2.41. The second-order valence-electron chi connectivity index (χ2n) is 8.44. The number of nitrogens with one attached hydrogen (secondary N) is 1. The highest BCUT2D eigenvalue weighted by molar-refractivity contribution is 5.67. The molecule has 1 amide bonds. The molecule has 11 nitrogen and oxygen atoms in total. The molecule has 1 fully saturated rings. The number of alkyl carbamates (subject to hydrolysis) is 1. The van der Waals surface area contributed by atoms with Crippen molar-refractivity contribution in [2.45, 2.75) is 32.7 Å². The highest BCUT2D eigenvalue weighted by Gasteiger charge is 2.23. The molecule has 0 spiro atoms. The molecule has 0 bridgehead atoms. The smallest absolute Gasteiger partial charge is 0.407 e. The third kappa shape index (κ3) is 11.3. The third-order valence-electron chi connectivity index (χ3n) is 4.50. The molecule has 1 saturated heterocycles. The molecule has 35 heavy (non-hydrogen) atoms. The van der Waals surface area contributed by atoms with E-state index in [9.17, 15) is 4.79 Å². The van der Waals surface area contributed by atoms with Gasteiger partial charge in [-0.15, -0.1) is 0 Å². The first-order valence-corrected chi connectivity index (χ1v) is 11.7. The summed E-state index contributed by atoms with van der Waals surface area (Å²) in [6.07, 6.45) is -0.906. The molecular weight excluding hydrogens is 462 g/mol. The quantitative estimate of drug-likeness (QED) is 0.339. The second-order valence-corrected chi connectivity index (χ2v) is 8.44. The van der Waals surface area contributed by atoms with Gasteiger partial charge in [-0.25, -0.2) is 4.79 Å². The zero-order valence-corrected chi connectivity index (χ0v) is 21.4. The lowest BCUT2D eigenvalue weighted by molar-refractivity contribution is -0.0444. The maximum atomic E-state index is 11.5. The largest absolute Gasteiger partial charge is 0.493 e. The van der Waals surface area contributed by atoms with E-state index in [0.717, 1.165) is 5.56 Å². The van der Waals surface area contributed by atoms with Crippen molar-refractivity contribution in [3.63, 3.8) is 0 Å². The van der Waals surface area contributed by atoms with E-state index < -0.39 is 18.0 Å². The van der Waals surface area contributed by atoms with Crippen LogP contribution in [-0.2, 0) is 28.4 Å². The summed E-state index contributed by atoms with van der Waals surface area (Å²) in [7, 11) is 3.12. The van der Waals surface area contributed by atoms with Crippen LogP contribution in [-0.4, -0.2) is 91.9 Å². The first-order valence-electron chi connectivity index (χ1n) is 11.7. The lowest BCUT2D eigenvalue weighted by atomic mass is 10.1. The molecule has 0 radical (unpaired) electrons. The second kappa shape index (κ2) is 15.6. The molecular formula is C24H39NO10. The van der Waals surface area contributed by atoms with Crippen molar-refractivity contribution in [1.29, 1.82) is 0 Å². The molecule has 1 aliphatic rings. The molecule has 1 aliphatic heterocycles. The summed E-state index contributed by atoms with van der Waals surface area (Å²) in [5.41, 5.74) is 0.283. The van der Waals surface area contributed by atoms with Gasteiger partial charge in [-0.2, -0.15) is 0 Å². The molecule has 1 N–H and O–H groups in total. The van der Waals surface area contributed by atoms with Gasteiger partial charge in [-0.1, -0.05) is 0 Å². The standard InChI is InChI=1S/C24H39NO10/c1-24(2,3)35-23(26)25-6-7-29-8-9-30-10-11-31-12-13-32-20-17-18(22-33-14-15-34-22)16-19(27-4)21(20)28-5/h16-17,22H,6-15H2,1-5H3,(H,25,26). The minimum absolute atomic E-state index is 0.323. The molecule has 0 unspecified atom stereocenters. The lowest BCUT2D eigenvalue weighted by Crippen LogP contribution is -2.34. The number of amides is 1. The summed E-state index contributed by atoms with van der Waals surface area (Å²) in [5.74, 6) is 1.56. The zero-order chi connectivity index (χ0) is 25.5. The van der Waals surface area contributed by atoms with Gasteiger partial charge in [0.1, 0.15) is 12.2 Å². The fourth-order valence-corrected chi connectivity index (χ4v) is 3.04. The first-order chi connectivity index (χ1) is 16.8. The Bertz CT molecular complexity index is 747. The van der Waals surface area contributed by atoms with Crippen molar-refractivity contribution < 1.29 is 47.4 Å². The van der Waals surface area contributed by atoms with Crippen molar-refractivity contribution in [2.75, 3.05) is 80.2 Å². The number of benzene rings is 1. The predicted octanol–water partition coefficient (Wildman–Crippen LogP) is 2.70. The molecule has 0 aliphatic carbocycles. The number of hydrogen-bond acceptors (Lipinski definition) is 10. The number of ether oxygens (including phenoxy) is 9. The Morgan fingerprint density at radius 2 is 1.46 bits per heavy atom. The maximum absolute atomic E-state index is 11.5. The molecule has 1 heterocycles. The molecule has 0 atom stereocenters. The SMILES string of the molecule is COc1cc(C2OCCO2)cc(OCCOCCOCCOCCNC(=O)OC(C)(C)C)c1OC. The predicted molar refractivity (Wildman–Crippen MR) is 126 cm³/mol. The van der Waals surface area contributed by atoms with Crippen LogP contribution < -0.4 is 19.5 Å². The van der Waals surface area contributed by atoms with Crippen LogP contribution >= 0.6 is 0 Å². The number of carbonyl (C=O) groups excluding carboxylic acids is 1. The summed E-state index contributed by atoms with van der Waals surface area (Å²) in [5, 5.41) is 2.63. The van der Waals surface area contributed by atoms with Crippen molar-refractivity contribution in [3.8, 4) is 17.2 Å². The number of carbonyl (C=O) groups is 1. The first kappa shape index (κ1) is 28.9. The van der Waals surface area contributed by atoms with Crippen LogP contribution in [0.4, 0.5) is 4.79 Å². The van der Waals surface area contributed by atoms with E-state index in [1.807, 2.05) is 32.9 Å². The van der Waals surface area contributed by atoms with Crippen molar-refractivity contribution >= 4 is 6.09 Å². The minimum Gasteiger partial charge on any atom is -0.493 e. The van der Waals surface area contributed by atoms with Gasteiger partial charge in [0.15, 0.2) is 17.8 Å². The normalized spacial score (nSPS) is 14.1. The average molecular weight is 502 g/mol. The Balaban J connectivity index is 1.53. The van der Waals surface area contributed by atoms with E-state index in [2.05, 4.69) is 5.32 Å². The number of rotatable bonds is 16. The van der Waals surface area contributed by atoms with Crippen molar-refractivity contribution in [2.24, 2.45) is 0 Å². The minimum atomic E-state index is -0.516. The maximum Gasteiger partial charge on any atom is 0.407 e. The van der Waals surface area contributed by atoms with Gasteiger partial charge in [0.05, 0.1) is 67.1 Å². The van der Waals surface area contributed by atoms with Crippen LogP contribution in [0.3, 0.4) is 0 Å². The molecule has 200 valence electrons. The fourth-order valence-electron chi connectivity index (χ4n) is 3.04. The van der Waals surface area contributed by atoms with Gasteiger partial charge in [-0.05, 0) is 32.9 Å². The monoisotopic (exact) mass is 501 g/mol. The lowest BCUT2D eigenvalue weighted by Gasteiger charge is -2.19. The van der Waals surface area contributed by atoms with E-state index in [-0.39, 0.29) is 0 Å². The van der Waals surface area contributed by atoms with Gasteiger partial charge in [0, 0.05) is 12.1 Å². The molecule has 1 aromatic carbocycles. The Morgan fingerprint density at radius 3 is 2.03 bits per heavy atom. The summed E-state index contributed by atoms with van der Waals surface area (Å²) in [6.45, 7) is 9.69. The summed E-state index contributed by atoms with van der Waals surface area (Å²) >= 11 is 0. The van der Waals surface area contributed by atoms with Gasteiger partial charge in [0.2, 0.25) is 5.75 Å². The van der Waals surface area contributed by atoms with Crippen molar-refractivity contribution in [1.82, 2.24) is 5.32 Å². The van der Waals surface area contributed by atoms with Crippen molar-refractivity contribution in [3.05, 3.63) is 17.7 Å². The zero-order valence-electron chi connectivity index (χ0n) is 21.4. The molecule has 0 saturated carbocycles. The van der Waals surface area contributed by atoms with E-state index in [1.54, 1.807) is 14.2 Å². The Kier molecular flexibility index (Phi) is 12.9. The molecule has 0 aromatic heterocycles. The average Bonchev–Trinajstić information content (AvgIpc) is 3.35. The summed E-state index contributed by atoms with van der Waals surface area (Å²) < 4.78 is 49.4. The summed E-state index contributed by atoms with van der Waals surface area (Å²) in [6, 6.07) is 3.64.